The molecule has 278 valence electrons. The van der Waals surface area contributed by atoms with Crippen LogP contribution in [0.2, 0.25) is 0 Å². The van der Waals surface area contributed by atoms with Gasteiger partial charge >= 0.3 is 5.43 Å². The van der Waals surface area contributed by atoms with E-state index in [0.717, 1.165) is 37.4 Å². The Labute approximate surface area is 353 Å². The van der Waals surface area contributed by atoms with Gasteiger partial charge in [-0.05, 0) is 73.5 Å². The zero-order valence-corrected chi connectivity index (χ0v) is 37.5. The summed E-state index contributed by atoms with van der Waals surface area (Å²) in [6.07, 6.45) is 2.15. The minimum atomic E-state index is -1.58. The zero-order valence-electron chi connectivity index (χ0n) is 29.9. The van der Waals surface area contributed by atoms with Crippen LogP contribution in [0.25, 0.3) is 21.5 Å². The first-order chi connectivity index (χ1) is 25.0. The number of hydrogen-bond acceptors (Lipinski definition) is 8. The summed E-state index contributed by atoms with van der Waals surface area (Å²) in [5, 5.41) is 12.2. The molecule has 4 aromatic carbocycles. The third-order valence-corrected chi connectivity index (χ3v) is 9.97. The molecule has 6 aromatic rings. The smallest absolute Gasteiger partial charge is 0.403 e. The number of nitrogens with one attached hydrogen (secondary N) is 1. The van der Waals surface area contributed by atoms with Crippen molar-refractivity contribution >= 4 is 96.1 Å². The topological polar surface area (TPSA) is 60.0 Å². The molecule has 0 aliphatic rings. The second-order valence-corrected chi connectivity index (χ2v) is 16.6. The van der Waals surface area contributed by atoms with E-state index in [4.69, 9.17) is 55.9 Å². The second-order valence-electron chi connectivity index (χ2n) is 11.8. The van der Waals surface area contributed by atoms with E-state index < -0.39 is 9.22 Å². The maximum absolute atomic E-state index is 9.86. The van der Waals surface area contributed by atoms with E-state index in [1.165, 1.54) is 31.3 Å². The molecule has 0 fully saturated rings. The number of carbonyl (C=O) groups excluding carboxylic acids is 1. The number of benzene rings is 4. The van der Waals surface area contributed by atoms with Crippen LogP contribution in [0, 0.1) is 0 Å². The fourth-order valence-corrected chi connectivity index (χ4v) is 6.96. The van der Waals surface area contributed by atoms with Gasteiger partial charge in [0.05, 0.1) is 0 Å². The van der Waals surface area contributed by atoms with E-state index in [2.05, 4.69) is 149 Å². The van der Waals surface area contributed by atoms with E-state index in [1.54, 1.807) is 22.7 Å². The molecule has 0 bridgehead atoms. The average molecular weight is 886 g/mol. The summed E-state index contributed by atoms with van der Waals surface area (Å²) in [4.78, 5) is 14.6. The van der Waals surface area contributed by atoms with Gasteiger partial charge in [0, 0.05) is 71.0 Å². The average Bonchev–Trinajstić information content (AvgIpc) is 3.87. The van der Waals surface area contributed by atoms with Gasteiger partial charge in [-0.3, -0.25) is 0 Å². The predicted molar refractivity (Wildman–Crippen MR) is 222 cm³/mol. The Morgan fingerprint density at radius 1 is 0.717 bits per heavy atom. The van der Waals surface area contributed by atoms with Crippen LogP contribution in [0.3, 0.4) is 0 Å². The van der Waals surface area contributed by atoms with Crippen LogP contribution in [0.4, 0.5) is 4.79 Å². The molecule has 0 radical (unpaired) electrons. The third kappa shape index (κ3) is 15.7. The van der Waals surface area contributed by atoms with Gasteiger partial charge in [-0.15, -0.1) is 22.7 Å². The zero-order chi connectivity index (χ0) is 37.3. The number of hydrogen-bond donors (Lipinski definition) is 1. The van der Waals surface area contributed by atoms with Gasteiger partial charge in [0.25, 0.3) is 0 Å². The van der Waals surface area contributed by atoms with Crippen LogP contribution in [0.5, 0.6) is 11.5 Å². The molecule has 0 saturated heterocycles. The third-order valence-electron chi connectivity index (χ3n) is 7.60. The Balaban J connectivity index is 0.000000230. The number of fused-ring (bicyclic) bond motifs is 2. The largest absolute Gasteiger partial charge is 0.484 e. The molecule has 0 spiro atoms. The molecule has 2 atom stereocenters. The Kier molecular flexibility index (Phi) is 19.9. The van der Waals surface area contributed by atoms with Crippen LogP contribution in [0.15, 0.2) is 120 Å². The Hall–Kier alpha value is -2.43. The Bertz CT molecular complexity index is 1920. The molecule has 0 aliphatic carbocycles. The number of halogens is 4. The first-order valence-electron chi connectivity index (χ1n) is 16.6. The summed E-state index contributed by atoms with van der Waals surface area (Å²) < 4.78 is 15.3. The van der Waals surface area contributed by atoms with Gasteiger partial charge in [0.1, 0.15) is 30.3 Å². The number of carbonyl (C=O) groups is 1. The van der Waals surface area contributed by atoms with Gasteiger partial charge < -0.3 is 24.4 Å². The number of thiophene rings is 2. The van der Waals surface area contributed by atoms with Crippen LogP contribution < -0.4 is 14.8 Å². The summed E-state index contributed by atoms with van der Waals surface area (Å²) in [6.45, 7) is 1.61. The fourth-order valence-electron chi connectivity index (χ4n) is 5.16. The first-order valence-corrected chi connectivity index (χ1v) is 19.8. The summed E-state index contributed by atoms with van der Waals surface area (Å²) >= 11 is 23.8. The quantitative estimate of drug-likeness (QED) is 0.0708. The molecule has 13 heteroatoms. The molecular formula is C40H42Cl4N2O4S2Zn. The van der Waals surface area contributed by atoms with Crippen molar-refractivity contribution in [3.63, 3.8) is 0 Å². The van der Waals surface area contributed by atoms with Crippen LogP contribution in [-0.4, -0.2) is 55.0 Å². The van der Waals surface area contributed by atoms with Crippen molar-refractivity contribution in [1.82, 2.24) is 10.2 Å². The molecule has 0 unspecified atom stereocenters. The maximum Gasteiger partial charge on any atom is 0.403 e. The van der Waals surface area contributed by atoms with Crippen molar-refractivity contribution < 1.29 is 38.5 Å². The molecule has 0 aliphatic heterocycles. The van der Waals surface area contributed by atoms with Crippen molar-refractivity contribution in [2.75, 3.05) is 40.8 Å². The molecule has 0 saturated carbocycles. The predicted octanol–water partition coefficient (Wildman–Crippen LogP) is 12.3. The Morgan fingerprint density at radius 2 is 1.19 bits per heavy atom. The van der Waals surface area contributed by atoms with Crippen LogP contribution >= 0.6 is 69.1 Å². The molecule has 2 heterocycles. The fraction of sp³-hybridized carbons (Fsp3) is 0.275. The summed E-state index contributed by atoms with van der Waals surface area (Å²) in [6, 6.07) is 37.7. The molecule has 53 heavy (non-hydrogen) atoms. The summed E-state index contributed by atoms with van der Waals surface area (Å²) in [7, 11) is 6.18. The Morgan fingerprint density at radius 3 is 1.58 bits per heavy atom. The van der Waals surface area contributed by atoms with Crippen LogP contribution in [0.1, 0.15) is 34.8 Å². The molecule has 6 rings (SSSR count). The molecular weight excluding hydrogens is 844 g/mol. The minimum absolute atomic E-state index is 0. The minimum Gasteiger partial charge on any atom is -0.484 e. The van der Waals surface area contributed by atoms with Gasteiger partial charge in [-0.2, -0.15) is 0 Å². The summed E-state index contributed by atoms with van der Waals surface area (Å²) in [5.74, 6) is 1.93. The second kappa shape index (κ2) is 23.5. The van der Waals surface area contributed by atoms with Gasteiger partial charge in [0.2, 0.25) is 3.79 Å². The van der Waals surface area contributed by atoms with E-state index in [0.29, 0.717) is 0 Å². The van der Waals surface area contributed by atoms with Crippen molar-refractivity contribution in [2.24, 2.45) is 0 Å². The monoisotopic (exact) mass is 882 g/mol. The van der Waals surface area contributed by atoms with Gasteiger partial charge in [-0.25, -0.2) is 4.79 Å². The summed E-state index contributed by atoms with van der Waals surface area (Å²) in [5.41, 5.74) is -0.985. The SMILES string of the molecule is CN(C)CC[C@H](Oc1cccc2ccccc12)c1cccs1.CNCC[C@H](Oc1cccc2ccccc12)c1cccs1.O=C(Cl)OCC(Cl)(Cl)Cl.[Zn]. The van der Waals surface area contributed by atoms with Crippen molar-refractivity contribution in [3.05, 3.63) is 130 Å². The van der Waals surface area contributed by atoms with E-state index >= 15 is 0 Å². The van der Waals surface area contributed by atoms with E-state index in [-0.39, 0.29) is 38.3 Å². The van der Waals surface area contributed by atoms with E-state index in [9.17, 15) is 4.79 Å². The number of rotatable bonds is 13. The van der Waals surface area contributed by atoms with Crippen molar-refractivity contribution in [3.8, 4) is 11.5 Å². The number of ether oxygens (including phenoxy) is 3. The first kappa shape index (κ1) is 45.0. The van der Waals surface area contributed by atoms with Crippen molar-refractivity contribution in [2.45, 2.75) is 28.8 Å². The number of nitrogens with zero attached hydrogens (tertiary/aromatic N) is 1. The van der Waals surface area contributed by atoms with Gasteiger partial charge in [0.15, 0.2) is 0 Å². The van der Waals surface area contributed by atoms with Crippen molar-refractivity contribution in [1.29, 1.82) is 0 Å². The standard InChI is InChI=1S/C19H21NOS.C18H19NOS.C3H2Cl4O2.Zn/c1-20(2)13-12-18(19-11-6-14-22-19)21-17-10-5-8-15-7-3-4-9-16(15)17;1-19-12-11-17(18-10-5-13-21-18)20-16-9-4-7-14-6-2-3-8-15(14)16;4-2(8)9-1-3(5,6)7;/h3-11,14,18H,12-13H2,1-2H3;2-10,13,17,19H,11-12H2,1H3;1H2;/t18-;17-;;/m00../s1. The molecule has 2 aromatic heterocycles. The maximum atomic E-state index is 9.86. The molecule has 6 nitrogen and oxygen atoms in total. The molecule has 1 N–H and O–H groups in total. The normalized spacial score (nSPS) is 12.1. The van der Waals surface area contributed by atoms with Gasteiger partial charge in [-0.1, -0.05) is 120 Å². The van der Waals surface area contributed by atoms with E-state index in [1.807, 2.05) is 7.05 Å². The number of alkyl halides is 3. The van der Waals surface area contributed by atoms with Crippen LogP contribution in [-0.2, 0) is 24.2 Å². The molecule has 0 amide bonds.